The van der Waals surface area contributed by atoms with Gasteiger partial charge < -0.3 is 9.64 Å². The molecule has 0 aromatic heterocycles. The molecule has 1 aromatic carbocycles. The van der Waals surface area contributed by atoms with Crippen LogP contribution in [0.4, 0.5) is 0 Å². The normalized spacial score (nSPS) is 15.3. The second kappa shape index (κ2) is 5.87. The molecule has 0 unspecified atom stereocenters. The van der Waals surface area contributed by atoms with Gasteiger partial charge >= 0.3 is 0 Å². The number of rotatable bonds is 4. The Kier molecular flexibility index (Phi) is 3.97. The molecule has 0 N–H and O–H groups in total. The van der Waals surface area contributed by atoms with Gasteiger partial charge in [-0.2, -0.15) is 0 Å². The van der Waals surface area contributed by atoms with Gasteiger partial charge in [-0.05, 0) is 23.9 Å². The summed E-state index contributed by atoms with van der Waals surface area (Å²) in [6.45, 7) is 1.31. The molecule has 1 aromatic rings. The summed E-state index contributed by atoms with van der Waals surface area (Å²) in [5.41, 5.74) is 1.92. The zero-order chi connectivity index (χ0) is 12.8. The molecule has 18 heavy (non-hydrogen) atoms. The fourth-order valence-corrected chi connectivity index (χ4v) is 1.69. The first-order valence-electron chi connectivity index (χ1n) is 5.75. The van der Waals surface area contributed by atoms with Crippen molar-refractivity contribution in [1.82, 2.24) is 4.90 Å². The van der Waals surface area contributed by atoms with Crippen LogP contribution in [0.1, 0.15) is 5.56 Å². The number of carbonyl (C=O) groups is 1. The van der Waals surface area contributed by atoms with Crippen molar-refractivity contribution in [2.45, 2.75) is 0 Å². The zero-order valence-corrected chi connectivity index (χ0v) is 10.2. The molecule has 0 saturated carbocycles. The van der Waals surface area contributed by atoms with Crippen LogP contribution in [-0.4, -0.2) is 25.0 Å². The highest BCUT2D eigenvalue weighted by molar-refractivity contribution is 5.69. The number of allylic oxidation sites excluding steroid dienone is 3. The van der Waals surface area contributed by atoms with Crippen molar-refractivity contribution >= 4 is 12.2 Å². The van der Waals surface area contributed by atoms with Crippen molar-refractivity contribution in [1.29, 1.82) is 0 Å². The topological polar surface area (TPSA) is 29.5 Å². The predicted molar refractivity (Wildman–Crippen MR) is 71.4 cm³/mol. The van der Waals surface area contributed by atoms with Gasteiger partial charge in [0.05, 0.1) is 0 Å². The maximum absolute atomic E-state index is 10.6. The molecular weight excluding hydrogens is 226 g/mol. The van der Waals surface area contributed by atoms with E-state index in [2.05, 4.69) is 11.0 Å². The van der Waals surface area contributed by atoms with E-state index in [1.54, 1.807) is 0 Å². The molecule has 0 aliphatic carbocycles. The molecule has 3 nitrogen and oxygen atoms in total. The lowest BCUT2D eigenvalue weighted by atomic mass is 10.1. The lowest BCUT2D eigenvalue weighted by Crippen LogP contribution is -2.13. The first-order valence-corrected chi connectivity index (χ1v) is 5.75. The second-order valence-electron chi connectivity index (χ2n) is 4.05. The van der Waals surface area contributed by atoms with E-state index >= 15 is 0 Å². The third-order valence-electron chi connectivity index (χ3n) is 2.67. The van der Waals surface area contributed by atoms with E-state index in [1.807, 2.05) is 55.7 Å². The van der Waals surface area contributed by atoms with Gasteiger partial charge in [0.25, 0.3) is 6.47 Å². The van der Waals surface area contributed by atoms with Crippen LogP contribution in [0.15, 0.2) is 60.3 Å². The Balaban J connectivity index is 2.26. The maximum Gasteiger partial charge on any atom is 0.298 e. The van der Waals surface area contributed by atoms with Gasteiger partial charge in [-0.3, -0.25) is 4.79 Å². The molecule has 92 valence electrons. The summed E-state index contributed by atoms with van der Waals surface area (Å²) in [5, 5.41) is 0. The summed E-state index contributed by atoms with van der Waals surface area (Å²) in [4.78, 5) is 12.6. The zero-order valence-electron chi connectivity index (χ0n) is 10.2. The van der Waals surface area contributed by atoms with Gasteiger partial charge in [0.2, 0.25) is 0 Å². The molecule has 1 aliphatic heterocycles. The highest BCUT2D eigenvalue weighted by Gasteiger charge is 2.04. The highest BCUT2D eigenvalue weighted by atomic mass is 16.5. The van der Waals surface area contributed by atoms with Crippen molar-refractivity contribution in [2.24, 2.45) is 0 Å². The summed E-state index contributed by atoms with van der Waals surface area (Å²) in [5.74, 6) is 0.561. The molecule has 2 rings (SSSR count). The third-order valence-corrected chi connectivity index (χ3v) is 2.67. The predicted octanol–water partition coefficient (Wildman–Crippen LogP) is 2.59. The number of hydrogen-bond donors (Lipinski definition) is 0. The van der Waals surface area contributed by atoms with E-state index in [-0.39, 0.29) is 0 Å². The van der Waals surface area contributed by atoms with Gasteiger partial charge in [0, 0.05) is 19.2 Å². The monoisotopic (exact) mass is 241 g/mol. The number of nitrogens with zero attached hydrogens (tertiary/aromatic N) is 1. The van der Waals surface area contributed by atoms with Gasteiger partial charge in [-0.1, -0.05) is 36.4 Å². The van der Waals surface area contributed by atoms with Crippen molar-refractivity contribution < 1.29 is 9.53 Å². The number of hydrogen-bond acceptors (Lipinski definition) is 3. The number of ether oxygens (including phenoxy) is 1. The van der Waals surface area contributed by atoms with Gasteiger partial charge in [0.15, 0.2) is 0 Å². The summed E-state index contributed by atoms with van der Waals surface area (Å²) in [7, 11) is 2.01. The first-order chi connectivity index (χ1) is 8.79. The summed E-state index contributed by atoms with van der Waals surface area (Å²) < 4.78 is 5.05. The number of carbonyl (C=O) groups excluding carboxylic acids is 1. The van der Waals surface area contributed by atoms with E-state index in [1.165, 1.54) is 0 Å². The Morgan fingerprint density at radius 1 is 1.33 bits per heavy atom. The SMILES string of the molecule is CN1C=CC(C=C(OC=O)c2ccccc2)=CC1. The van der Waals surface area contributed by atoms with Gasteiger partial charge in [0.1, 0.15) is 5.76 Å². The maximum atomic E-state index is 10.6. The Morgan fingerprint density at radius 3 is 2.72 bits per heavy atom. The minimum absolute atomic E-state index is 0.456. The molecule has 1 aliphatic rings. The first kappa shape index (κ1) is 12.2. The van der Waals surface area contributed by atoms with Crippen LogP contribution in [-0.2, 0) is 9.53 Å². The Labute approximate surface area is 107 Å². The van der Waals surface area contributed by atoms with E-state index < -0.39 is 0 Å². The van der Waals surface area contributed by atoms with Crippen molar-refractivity contribution in [3.8, 4) is 0 Å². The van der Waals surface area contributed by atoms with Crippen molar-refractivity contribution in [3.05, 3.63) is 65.9 Å². The smallest absolute Gasteiger partial charge is 0.298 e. The van der Waals surface area contributed by atoms with Crippen LogP contribution in [0.5, 0.6) is 0 Å². The molecule has 0 amide bonds. The molecular formula is C15H15NO2. The minimum Gasteiger partial charge on any atom is -0.428 e. The van der Waals surface area contributed by atoms with Crippen LogP contribution in [0, 0.1) is 0 Å². The van der Waals surface area contributed by atoms with E-state index in [0.717, 1.165) is 17.7 Å². The van der Waals surface area contributed by atoms with E-state index in [0.29, 0.717) is 12.2 Å². The fourth-order valence-electron chi connectivity index (χ4n) is 1.69. The van der Waals surface area contributed by atoms with Crippen LogP contribution >= 0.6 is 0 Å². The average molecular weight is 241 g/mol. The standard InChI is InChI=1S/C15H15NO2/c1-16-9-7-13(8-10-16)11-15(18-12-17)14-5-3-2-4-6-14/h2-9,11-12H,10H2,1H3. The van der Waals surface area contributed by atoms with E-state index in [9.17, 15) is 4.79 Å². The Hall–Kier alpha value is -2.29. The Bertz CT molecular complexity index is 500. The molecule has 0 bridgehead atoms. The third kappa shape index (κ3) is 3.10. The summed E-state index contributed by atoms with van der Waals surface area (Å²) in [6.07, 6.45) is 7.93. The average Bonchev–Trinajstić information content (AvgIpc) is 2.42. The van der Waals surface area contributed by atoms with Gasteiger partial charge in [-0.15, -0.1) is 0 Å². The molecule has 0 saturated heterocycles. The molecule has 0 atom stereocenters. The summed E-state index contributed by atoms with van der Waals surface area (Å²) in [6, 6.07) is 9.58. The van der Waals surface area contributed by atoms with Crippen LogP contribution in [0.3, 0.4) is 0 Å². The molecule has 0 radical (unpaired) electrons. The van der Waals surface area contributed by atoms with Crippen LogP contribution in [0.25, 0.3) is 5.76 Å². The molecule has 0 fully saturated rings. The number of likely N-dealkylation sites (N-methyl/N-ethyl adjacent to an activating group) is 1. The van der Waals surface area contributed by atoms with Crippen LogP contribution in [0.2, 0.25) is 0 Å². The Morgan fingerprint density at radius 2 is 2.11 bits per heavy atom. The van der Waals surface area contributed by atoms with Crippen molar-refractivity contribution in [3.63, 3.8) is 0 Å². The van der Waals surface area contributed by atoms with Crippen molar-refractivity contribution in [2.75, 3.05) is 13.6 Å². The highest BCUT2D eigenvalue weighted by Crippen LogP contribution is 2.18. The quantitative estimate of drug-likeness (QED) is 0.599. The lowest BCUT2D eigenvalue weighted by molar-refractivity contribution is -0.122. The summed E-state index contributed by atoms with van der Waals surface area (Å²) >= 11 is 0. The molecule has 0 spiro atoms. The van der Waals surface area contributed by atoms with Crippen LogP contribution < -0.4 is 0 Å². The number of benzene rings is 1. The van der Waals surface area contributed by atoms with Gasteiger partial charge in [-0.25, -0.2) is 0 Å². The molecule has 1 heterocycles. The molecule has 3 heteroatoms. The van der Waals surface area contributed by atoms with E-state index in [4.69, 9.17) is 4.74 Å². The fraction of sp³-hybridized carbons (Fsp3) is 0.133. The lowest BCUT2D eigenvalue weighted by Gasteiger charge is -2.16. The second-order valence-corrected chi connectivity index (χ2v) is 4.05. The minimum atomic E-state index is 0.456. The largest absolute Gasteiger partial charge is 0.428 e.